The van der Waals surface area contributed by atoms with Gasteiger partial charge in [-0.25, -0.2) is 4.79 Å². The standard InChI is InChI=1S/C25H24N2O4/c28-24(11-6-16-27-22-9-4-5-10-23(22)31-25(27)29)26-17-19-12-14-21(15-13-19)30-18-20-7-2-1-3-8-20/h1-5,7-10,12-15H,6,11,16-18H2,(H,26,28). The molecule has 1 heterocycles. The number of carbonyl (C=O) groups is 1. The van der Waals surface area contributed by atoms with E-state index in [9.17, 15) is 9.59 Å². The Hall–Kier alpha value is -3.80. The first kappa shape index (κ1) is 20.5. The van der Waals surface area contributed by atoms with E-state index in [-0.39, 0.29) is 5.91 Å². The van der Waals surface area contributed by atoms with Crippen LogP contribution in [0.1, 0.15) is 24.0 Å². The molecule has 1 amide bonds. The second-order valence-corrected chi connectivity index (χ2v) is 7.29. The number of rotatable bonds is 9. The van der Waals surface area contributed by atoms with Gasteiger partial charge in [-0.2, -0.15) is 0 Å². The molecule has 4 aromatic rings. The largest absolute Gasteiger partial charge is 0.489 e. The summed E-state index contributed by atoms with van der Waals surface area (Å²) >= 11 is 0. The van der Waals surface area contributed by atoms with Gasteiger partial charge in [-0.1, -0.05) is 54.6 Å². The van der Waals surface area contributed by atoms with E-state index in [2.05, 4.69) is 5.32 Å². The molecule has 0 fully saturated rings. The summed E-state index contributed by atoms with van der Waals surface area (Å²) in [7, 11) is 0. The highest BCUT2D eigenvalue weighted by atomic mass is 16.5. The quantitative estimate of drug-likeness (QED) is 0.442. The maximum atomic E-state index is 12.2. The van der Waals surface area contributed by atoms with Gasteiger partial charge in [0.05, 0.1) is 5.52 Å². The lowest BCUT2D eigenvalue weighted by atomic mass is 10.2. The van der Waals surface area contributed by atoms with Crippen LogP contribution in [0.2, 0.25) is 0 Å². The van der Waals surface area contributed by atoms with E-state index in [0.29, 0.717) is 38.1 Å². The highest BCUT2D eigenvalue weighted by Gasteiger charge is 2.09. The number of amides is 1. The average molecular weight is 416 g/mol. The Morgan fingerprint density at radius 1 is 0.903 bits per heavy atom. The Kier molecular flexibility index (Phi) is 6.47. The third-order valence-electron chi connectivity index (χ3n) is 5.02. The summed E-state index contributed by atoms with van der Waals surface area (Å²) in [5, 5.41) is 2.92. The first-order valence-corrected chi connectivity index (χ1v) is 10.3. The van der Waals surface area contributed by atoms with Gasteiger partial charge in [0.2, 0.25) is 5.91 Å². The molecule has 1 N–H and O–H groups in total. The van der Waals surface area contributed by atoms with Crippen molar-refractivity contribution in [2.45, 2.75) is 32.5 Å². The van der Waals surface area contributed by atoms with Crippen LogP contribution in [0.25, 0.3) is 11.1 Å². The Bertz CT molecular complexity index is 1190. The zero-order valence-corrected chi connectivity index (χ0v) is 17.1. The number of hydrogen-bond acceptors (Lipinski definition) is 4. The molecule has 0 bridgehead atoms. The van der Waals surface area contributed by atoms with Gasteiger partial charge < -0.3 is 14.5 Å². The van der Waals surface area contributed by atoms with Crippen LogP contribution in [0, 0.1) is 0 Å². The molecule has 6 nitrogen and oxygen atoms in total. The summed E-state index contributed by atoms with van der Waals surface area (Å²) in [4.78, 5) is 24.1. The molecule has 0 aliphatic carbocycles. The number of ether oxygens (including phenoxy) is 1. The zero-order chi connectivity index (χ0) is 21.5. The van der Waals surface area contributed by atoms with Gasteiger partial charge in [-0.05, 0) is 41.8 Å². The Morgan fingerprint density at radius 3 is 2.45 bits per heavy atom. The van der Waals surface area contributed by atoms with Crippen molar-refractivity contribution in [1.82, 2.24) is 9.88 Å². The number of nitrogens with zero attached hydrogens (tertiary/aromatic N) is 1. The number of hydrogen-bond donors (Lipinski definition) is 1. The van der Waals surface area contributed by atoms with E-state index in [4.69, 9.17) is 9.15 Å². The van der Waals surface area contributed by atoms with E-state index < -0.39 is 5.76 Å². The van der Waals surface area contributed by atoms with Crippen LogP contribution in [0.4, 0.5) is 0 Å². The lowest BCUT2D eigenvalue weighted by molar-refractivity contribution is -0.121. The van der Waals surface area contributed by atoms with Crippen LogP contribution in [0.15, 0.2) is 88.1 Å². The first-order valence-electron chi connectivity index (χ1n) is 10.3. The van der Waals surface area contributed by atoms with Crippen molar-refractivity contribution in [3.8, 4) is 5.75 Å². The predicted molar refractivity (Wildman–Crippen MR) is 119 cm³/mol. The number of carbonyl (C=O) groups excluding carboxylic acids is 1. The van der Waals surface area contributed by atoms with Gasteiger partial charge >= 0.3 is 5.76 Å². The minimum absolute atomic E-state index is 0.0507. The number of nitrogens with one attached hydrogen (secondary N) is 1. The number of fused-ring (bicyclic) bond motifs is 1. The number of benzene rings is 3. The highest BCUT2D eigenvalue weighted by molar-refractivity contribution is 5.76. The van der Waals surface area contributed by atoms with Gasteiger partial charge in [0.25, 0.3) is 0 Å². The smallest absolute Gasteiger partial charge is 0.419 e. The van der Waals surface area contributed by atoms with Crippen molar-refractivity contribution >= 4 is 17.0 Å². The summed E-state index contributed by atoms with van der Waals surface area (Å²) in [5.74, 6) is 0.346. The predicted octanol–water partition coefficient (Wildman–Crippen LogP) is 4.27. The lowest BCUT2D eigenvalue weighted by Crippen LogP contribution is -2.23. The Morgan fingerprint density at radius 2 is 1.65 bits per heavy atom. The molecule has 31 heavy (non-hydrogen) atoms. The molecule has 0 aliphatic rings. The second kappa shape index (κ2) is 9.80. The number of para-hydroxylation sites is 2. The first-order chi connectivity index (χ1) is 15.2. The van der Waals surface area contributed by atoms with E-state index in [1.807, 2.05) is 72.8 Å². The van der Waals surface area contributed by atoms with Gasteiger partial charge in [-0.3, -0.25) is 9.36 Å². The molecule has 0 atom stereocenters. The molecule has 0 saturated carbocycles. The molecule has 158 valence electrons. The highest BCUT2D eigenvalue weighted by Crippen LogP contribution is 2.15. The van der Waals surface area contributed by atoms with Crippen LogP contribution in [-0.4, -0.2) is 10.5 Å². The number of oxazole rings is 1. The molecule has 0 aliphatic heterocycles. The van der Waals surface area contributed by atoms with Crippen molar-refractivity contribution in [2.75, 3.05) is 0 Å². The van der Waals surface area contributed by atoms with Crippen LogP contribution in [0.3, 0.4) is 0 Å². The number of aryl methyl sites for hydroxylation is 1. The minimum atomic E-state index is -0.392. The molecule has 1 aromatic heterocycles. The molecule has 4 rings (SSSR count). The van der Waals surface area contributed by atoms with Gasteiger partial charge in [0.1, 0.15) is 12.4 Å². The zero-order valence-electron chi connectivity index (χ0n) is 17.1. The third-order valence-corrected chi connectivity index (χ3v) is 5.02. The normalized spacial score (nSPS) is 10.8. The molecular formula is C25H24N2O4. The van der Waals surface area contributed by atoms with Crippen LogP contribution < -0.4 is 15.8 Å². The van der Waals surface area contributed by atoms with Crippen LogP contribution >= 0.6 is 0 Å². The van der Waals surface area contributed by atoms with E-state index in [1.54, 1.807) is 10.6 Å². The van der Waals surface area contributed by atoms with Gasteiger partial charge in [0, 0.05) is 19.5 Å². The molecule has 3 aromatic carbocycles. The van der Waals surface area contributed by atoms with Gasteiger partial charge in [-0.15, -0.1) is 0 Å². The maximum absolute atomic E-state index is 12.2. The van der Waals surface area contributed by atoms with Crippen LogP contribution in [-0.2, 0) is 24.5 Å². The maximum Gasteiger partial charge on any atom is 0.419 e. The van der Waals surface area contributed by atoms with Crippen molar-refractivity contribution in [1.29, 1.82) is 0 Å². The summed E-state index contributed by atoms with van der Waals surface area (Å²) in [5.41, 5.74) is 3.43. The fourth-order valence-corrected chi connectivity index (χ4v) is 3.36. The summed E-state index contributed by atoms with van der Waals surface area (Å²) in [6.45, 7) is 1.41. The van der Waals surface area contributed by atoms with E-state index >= 15 is 0 Å². The monoisotopic (exact) mass is 416 g/mol. The minimum Gasteiger partial charge on any atom is -0.489 e. The summed E-state index contributed by atoms with van der Waals surface area (Å²) < 4.78 is 12.6. The lowest BCUT2D eigenvalue weighted by Gasteiger charge is -2.09. The molecule has 6 heteroatoms. The molecular weight excluding hydrogens is 392 g/mol. The molecule has 0 radical (unpaired) electrons. The van der Waals surface area contributed by atoms with Crippen molar-refractivity contribution in [3.05, 3.63) is 101 Å². The molecule has 0 unspecified atom stereocenters. The number of aromatic nitrogens is 1. The fraction of sp³-hybridized carbons (Fsp3) is 0.200. The van der Waals surface area contributed by atoms with E-state index in [0.717, 1.165) is 22.4 Å². The van der Waals surface area contributed by atoms with Gasteiger partial charge in [0.15, 0.2) is 5.58 Å². The van der Waals surface area contributed by atoms with Crippen molar-refractivity contribution < 1.29 is 13.9 Å². The molecule has 0 spiro atoms. The van der Waals surface area contributed by atoms with Crippen LogP contribution in [0.5, 0.6) is 5.75 Å². The molecule has 0 saturated heterocycles. The van der Waals surface area contributed by atoms with Crippen molar-refractivity contribution in [3.63, 3.8) is 0 Å². The van der Waals surface area contributed by atoms with Crippen molar-refractivity contribution in [2.24, 2.45) is 0 Å². The second-order valence-electron chi connectivity index (χ2n) is 7.29. The average Bonchev–Trinajstić information content (AvgIpc) is 3.13. The Labute approximate surface area is 180 Å². The summed E-state index contributed by atoms with van der Waals surface area (Å²) in [6, 6.07) is 25.0. The summed E-state index contributed by atoms with van der Waals surface area (Å²) in [6.07, 6.45) is 0.895. The van der Waals surface area contributed by atoms with E-state index in [1.165, 1.54) is 0 Å². The SMILES string of the molecule is O=C(CCCn1c(=O)oc2ccccc21)NCc1ccc(OCc2ccccc2)cc1. The fourth-order valence-electron chi connectivity index (χ4n) is 3.36. The Balaban J connectivity index is 1.20. The third kappa shape index (κ3) is 5.42. The topological polar surface area (TPSA) is 73.5 Å².